The molecular formula is C8H16S. The fraction of sp³-hybridized carbons (Fsp3) is 1.00. The van der Waals surface area contributed by atoms with E-state index in [-0.39, 0.29) is 0 Å². The molecule has 0 amide bonds. The molecule has 1 rings (SSSR count). The van der Waals surface area contributed by atoms with Crippen LogP contribution in [-0.4, -0.2) is 11.0 Å². The summed E-state index contributed by atoms with van der Waals surface area (Å²) < 4.78 is 0. The number of hydrogen-bond donors (Lipinski definition) is 0. The van der Waals surface area contributed by atoms with Crippen LogP contribution in [0.1, 0.15) is 27.2 Å². The van der Waals surface area contributed by atoms with Gasteiger partial charge in [0.05, 0.1) is 0 Å². The lowest BCUT2D eigenvalue weighted by atomic mass is 10.0. The fourth-order valence-electron chi connectivity index (χ4n) is 1.29. The van der Waals surface area contributed by atoms with E-state index in [1.54, 1.807) is 0 Å². The van der Waals surface area contributed by atoms with Gasteiger partial charge in [-0.3, -0.25) is 0 Å². The molecule has 0 bridgehead atoms. The highest BCUT2D eigenvalue weighted by molar-refractivity contribution is 8.00. The zero-order valence-electron chi connectivity index (χ0n) is 6.55. The van der Waals surface area contributed by atoms with Crippen molar-refractivity contribution in [3.05, 3.63) is 0 Å². The quantitative estimate of drug-likeness (QED) is 0.545. The van der Waals surface area contributed by atoms with E-state index < -0.39 is 0 Å². The van der Waals surface area contributed by atoms with Crippen LogP contribution < -0.4 is 0 Å². The normalized spacial score (nSPS) is 36.0. The standard InChI is InChI=1S/C8H16S/c1-6(2)8-4-7(3)5-9-8/h6-8H,4-5H2,1-3H3. The van der Waals surface area contributed by atoms with Gasteiger partial charge in [0.25, 0.3) is 0 Å². The molecule has 0 aromatic carbocycles. The molecule has 1 aliphatic heterocycles. The lowest BCUT2D eigenvalue weighted by Crippen LogP contribution is -2.06. The summed E-state index contributed by atoms with van der Waals surface area (Å²) in [4.78, 5) is 0. The maximum Gasteiger partial charge on any atom is 0.00729 e. The van der Waals surface area contributed by atoms with E-state index in [9.17, 15) is 0 Å². The first-order valence-corrected chi connectivity index (χ1v) is 4.86. The van der Waals surface area contributed by atoms with Gasteiger partial charge < -0.3 is 0 Å². The Hall–Kier alpha value is 0.350. The van der Waals surface area contributed by atoms with Gasteiger partial charge in [-0.25, -0.2) is 0 Å². The smallest absolute Gasteiger partial charge is 0.00729 e. The van der Waals surface area contributed by atoms with E-state index in [4.69, 9.17) is 0 Å². The summed E-state index contributed by atoms with van der Waals surface area (Å²) in [6.45, 7) is 7.01. The average Bonchev–Trinajstić information content (AvgIpc) is 2.14. The maximum atomic E-state index is 2.36. The van der Waals surface area contributed by atoms with Gasteiger partial charge in [0, 0.05) is 5.25 Å². The van der Waals surface area contributed by atoms with Crippen LogP contribution in [0.3, 0.4) is 0 Å². The van der Waals surface area contributed by atoms with Crippen molar-refractivity contribution in [2.45, 2.75) is 32.4 Å². The van der Waals surface area contributed by atoms with Crippen LogP contribution in [0, 0.1) is 11.8 Å². The SMILES string of the molecule is CC1CSC(C(C)C)C1. The Labute approximate surface area is 62.4 Å². The summed E-state index contributed by atoms with van der Waals surface area (Å²) in [5.74, 6) is 3.26. The summed E-state index contributed by atoms with van der Waals surface area (Å²) in [5.41, 5.74) is 0. The molecule has 0 radical (unpaired) electrons. The van der Waals surface area contributed by atoms with E-state index in [1.165, 1.54) is 12.2 Å². The molecule has 0 aliphatic carbocycles. The van der Waals surface area contributed by atoms with Crippen LogP contribution in [0.15, 0.2) is 0 Å². The number of hydrogen-bond acceptors (Lipinski definition) is 1. The van der Waals surface area contributed by atoms with Gasteiger partial charge in [0.1, 0.15) is 0 Å². The molecule has 0 nitrogen and oxygen atoms in total. The van der Waals surface area contributed by atoms with Crippen molar-refractivity contribution in [2.24, 2.45) is 11.8 Å². The van der Waals surface area contributed by atoms with E-state index in [1.807, 2.05) is 0 Å². The maximum absolute atomic E-state index is 2.36. The van der Waals surface area contributed by atoms with Gasteiger partial charge in [-0.05, 0) is 24.0 Å². The minimum Gasteiger partial charge on any atom is -0.158 e. The first-order valence-electron chi connectivity index (χ1n) is 3.81. The summed E-state index contributed by atoms with van der Waals surface area (Å²) in [6, 6.07) is 0. The Morgan fingerprint density at radius 2 is 2.11 bits per heavy atom. The molecule has 1 heteroatoms. The van der Waals surface area contributed by atoms with Gasteiger partial charge in [-0.15, -0.1) is 0 Å². The van der Waals surface area contributed by atoms with Crippen LogP contribution >= 0.6 is 11.8 Å². The molecule has 1 aliphatic rings. The minimum atomic E-state index is 0.889. The topological polar surface area (TPSA) is 0 Å². The van der Waals surface area contributed by atoms with Crippen LogP contribution in [-0.2, 0) is 0 Å². The van der Waals surface area contributed by atoms with E-state index in [2.05, 4.69) is 32.5 Å². The molecule has 0 spiro atoms. The second-order valence-corrected chi connectivity index (χ2v) is 4.73. The molecule has 0 N–H and O–H groups in total. The monoisotopic (exact) mass is 144 g/mol. The highest BCUT2D eigenvalue weighted by Crippen LogP contribution is 2.35. The third-order valence-corrected chi connectivity index (χ3v) is 3.90. The Bertz CT molecular complexity index is 88.6. The molecule has 2 unspecified atom stereocenters. The molecule has 0 saturated carbocycles. The van der Waals surface area contributed by atoms with Crippen molar-refractivity contribution >= 4 is 11.8 Å². The van der Waals surface area contributed by atoms with Gasteiger partial charge in [0.15, 0.2) is 0 Å². The number of thioether (sulfide) groups is 1. The molecular weight excluding hydrogens is 128 g/mol. The lowest BCUT2D eigenvalue weighted by molar-refractivity contribution is 0.522. The summed E-state index contributed by atoms with van der Waals surface area (Å²) in [7, 11) is 0. The van der Waals surface area contributed by atoms with Crippen molar-refractivity contribution in [1.82, 2.24) is 0 Å². The first kappa shape index (κ1) is 7.46. The van der Waals surface area contributed by atoms with Crippen molar-refractivity contribution in [3.63, 3.8) is 0 Å². The Morgan fingerprint density at radius 1 is 1.44 bits per heavy atom. The van der Waals surface area contributed by atoms with Crippen LogP contribution in [0.2, 0.25) is 0 Å². The molecule has 0 aromatic heterocycles. The minimum absolute atomic E-state index is 0.889. The second-order valence-electron chi connectivity index (χ2n) is 3.46. The van der Waals surface area contributed by atoms with E-state index >= 15 is 0 Å². The molecule has 2 atom stereocenters. The molecule has 9 heavy (non-hydrogen) atoms. The van der Waals surface area contributed by atoms with E-state index in [0.29, 0.717) is 0 Å². The second kappa shape index (κ2) is 2.96. The Kier molecular flexibility index (Phi) is 2.45. The Morgan fingerprint density at radius 3 is 2.33 bits per heavy atom. The third kappa shape index (κ3) is 1.89. The third-order valence-electron chi connectivity index (χ3n) is 1.97. The van der Waals surface area contributed by atoms with Gasteiger partial charge in [-0.1, -0.05) is 20.8 Å². The number of rotatable bonds is 1. The average molecular weight is 144 g/mol. The van der Waals surface area contributed by atoms with Crippen molar-refractivity contribution in [3.8, 4) is 0 Å². The molecule has 54 valence electrons. The largest absolute Gasteiger partial charge is 0.158 e. The predicted molar refractivity (Wildman–Crippen MR) is 44.9 cm³/mol. The fourth-order valence-corrected chi connectivity index (χ4v) is 2.85. The van der Waals surface area contributed by atoms with Crippen molar-refractivity contribution in [1.29, 1.82) is 0 Å². The molecule has 1 saturated heterocycles. The van der Waals surface area contributed by atoms with Crippen molar-refractivity contribution < 1.29 is 0 Å². The molecule has 1 fully saturated rings. The summed E-state index contributed by atoms with van der Waals surface area (Å²) in [6.07, 6.45) is 1.45. The summed E-state index contributed by atoms with van der Waals surface area (Å²) >= 11 is 2.16. The highest BCUT2D eigenvalue weighted by Gasteiger charge is 2.23. The van der Waals surface area contributed by atoms with Gasteiger partial charge in [-0.2, -0.15) is 11.8 Å². The van der Waals surface area contributed by atoms with Crippen LogP contribution in [0.25, 0.3) is 0 Å². The van der Waals surface area contributed by atoms with Crippen LogP contribution in [0.5, 0.6) is 0 Å². The van der Waals surface area contributed by atoms with E-state index in [0.717, 1.165) is 17.1 Å². The first-order chi connectivity index (χ1) is 4.20. The zero-order chi connectivity index (χ0) is 6.85. The molecule has 1 heterocycles. The zero-order valence-corrected chi connectivity index (χ0v) is 7.37. The van der Waals surface area contributed by atoms with Crippen LogP contribution in [0.4, 0.5) is 0 Å². The highest BCUT2D eigenvalue weighted by atomic mass is 32.2. The molecule has 0 aromatic rings. The predicted octanol–water partition coefficient (Wildman–Crippen LogP) is 2.78. The summed E-state index contributed by atoms with van der Waals surface area (Å²) in [5, 5.41) is 0.958. The van der Waals surface area contributed by atoms with Gasteiger partial charge in [0.2, 0.25) is 0 Å². The lowest BCUT2D eigenvalue weighted by Gasteiger charge is -2.11. The van der Waals surface area contributed by atoms with Crippen molar-refractivity contribution in [2.75, 3.05) is 5.75 Å². The van der Waals surface area contributed by atoms with Gasteiger partial charge >= 0.3 is 0 Å². The Balaban J connectivity index is 2.30.